The first kappa shape index (κ1) is 16.5. The van der Waals surface area contributed by atoms with Gasteiger partial charge in [0.2, 0.25) is 11.8 Å². The summed E-state index contributed by atoms with van der Waals surface area (Å²) in [4.78, 5) is 37.7. The molecule has 0 aromatic carbocycles. The Morgan fingerprint density at radius 1 is 0.900 bits per heavy atom. The van der Waals surface area contributed by atoms with Crippen molar-refractivity contribution in [3.05, 3.63) is 0 Å². The van der Waals surface area contributed by atoms with E-state index in [1.54, 1.807) is 4.90 Å². The molecule has 0 aromatic rings. The fourth-order valence-electron chi connectivity index (χ4n) is 2.35. The molecule has 1 saturated heterocycles. The van der Waals surface area contributed by atoms with Gasteiger partial charge in [-0.1, -0.05) is 6.92 Å². The monoisotopic (exact) mass is 284 g/mol. The number of rotatable bonds is 6. The molecule has 114 valence electrons. The third-order valence-corrected chi connectivity index (χ3v) is 3.54. The Kier molecular flexibility index (Phi) is 7.04. The first-order valence-corrected chi connectivity index (χ1v) is 7.32. The average molecular weight is 284 g/mol. The van der Waals surface area contributed by atoms with Gasteiger partial charge in [-0.15, -0.1) is 0 Å². The first-order valence-electron chi connectivity index (χ1n) is 7.32. The van der Waals surface area contributed by atoms with Crippen LogP contribution in [0.2, 0.25) is 0 Å². The number of unbranched alkanes of at least 4 members (excludes halogenated alkanes) is 1. The average Bonchev–Trinajstić information content (AvgIpc) is 2.68. The standard InChI is InChI=1S/C14H24N2O4/c1-2-12(17)15-8-5-9-16(11-10-15)13(18)6-3-4-7-14(19)20/h2-11H2,1H3,(H,19,20). The Bertz CT molecular complexity index is 357. The zero-order chi connectivity index (χ0) is 15.0. The minimum absolute atomic E-state index is 0.0705. The normalized spacial score (nSPS) is 15.8. The number of carbonyl (C=O) groups excluding carboxylic acids is 2. The Balaban J connectivity index is 2.31. The lowest BCUT2D eigenvalue weighted by molar-refractivity contribution is -0.137. The Morgan fingerprint density at radius 3 is 2.00 bits per heavy atom. The molecule has 1 N–H and O–H groups in total. The van der Waals surface area contributed by atoms with Crippen LogP contribution in [0.4, 0.5) is 0 Å². The van der Waals surface area contributed by atoms with Crippen LogP contribution in [-0.4, -0.2) is 58.9 Å². The van der Waals surface area contributed by atoms with Gasteiger partial charge in [-0.3, -0.25) is 14.4 Å². The van der Waals surface area contributed by atoms with Crippen molar-refractivity contribution in [2.45, 2.75) is 45.4 Å². The second-order valence-corrected chi connectivity index (χ2v) is 5.07. The van der Waals surface area contributed by atoms with Crippen molar-refractivity contribution < 1.29 is 19.5 Å². The lowest BCUT2D eigenvalue weighted by Gasteiger charge is -2.22. The maximum Gasteiger partial charge on any atom is 0.303 e. The van der Waals surface area contributed by atoms with E-state index in [4.69, 9.17) is 5.11 Å². The third kappa shape index (κ3) is 5.59. The van der Waals surface area contributed by atoms with Crippen molar-refractivity contribution in [3.63, 3.8) is 0 Å². The van der Waals surface area contributed by atoms with E-state index in [0.29, 0.717) is 45.3 Å². The molecule has 1 fully saturated rings. The Morgan fingerprint density at radius 2 is 1.45 bits per heavy atom. The lowest BCUT2D eigenvalue weighted by atomic mass is 10.2. The second-order valence-electron chi connectivity index (χ2n) is 5.07. The molecule has 1 aliphatic rings. The zero-order valence-electron chi connectivity index (χ0n) is 12.1. The summed E-state index contributed by atoms with van der Waals surface area (Å²) < 4.78 is 0. The van der Waals surface area contributed by atoms with Crippen LogP contribution in [0.5, 0.6) is 0 Å². The maximum absolute atomic E-state index is 12.0. The minimum Gasteiger partial charge on any atom is -0.481 e. The highest BCUT2D eigenvalue weighted by Crippen LogP contribution is 2.09. The number of amides is 2. The van der Waals surface area contributed by atoms with Crippen molar-refractivity contribution >= 4 is 17.8 Å². The third-order valence-electron chi connectivity index (χ3n) is 3.54. The molecule has 1 rings (SSSR count). The van der Waals surface area contributed by atoms with Gasteiger partial charge < -0.3 is 14.9 Å². The van der Waals surface area contributed by atoms with Gasteiger partial charge in [-0.25, -0.2) is 0 Å². The van der Waals surface area contributed by atoms with Crippen molar-refractivity contribution in [2.75, 3.05) is 26.2 Å². The van der Waals surface area contributed by atoms with Gasteiger partial charge >= 0.3 is 5.97 Å². The number of hydrogen-bond acceptors (Lipinski definition) is 3. The van der Waals surface area contributed by atoms with E-state index < -0.39 is 5.97 Å². The molecule has 2 amide bonds. The SMILES string of the molecule is CCC(=O)N1CCCN(C(=O)CCCCC(=O)O)CC1. The van der Waals surface area contributed by atoms with E-state index in [0.717, 1.165) is 13.0 Å². The summed E-state index contributed by atoms with van der Waals surface area (Å²) in [5.41, 5.74) is 0. The molecule has 1 aliphatic heterocycles. The number of nitrogens with zero attached hydrogens (tertiary/aromatic N) is 2. The van der Waals surface area contributed by atoms with E-state index in [-0.39, 0.29) is 18.2 Å². The number of hydrogen-bond donors (Lipinski definition) is 1. The van der Waals surface area contributed by atoms with Crippen molar-refractivity contribution in [2.24, 2.45) is 0 Å². The van der Waals surface area contributed by atoms with Crippen molar-refractivity contribution in [3.8, 4) is 0 Å². The predicted molar refractivity (Wildman–Crippen MR) is 74.2 cm³/mol. The molecule has 0 unspecified atom stereocenters. The summed E-state index contributed by atoms with van der Waals surface area (Å²) in [5, 5.41) is 8.54. The van der Waals surface area contributed by atoms with Gasteiger partial charge in [-0.05, 0) is 19.3 Å². The van der Waals surface area contributed by atoms with Crippen LogP contribution in [-0.2, 0) is 14.4 Å². The Labute approximate surface area is 119 Å². The van der Waals surface area contributed by atoms with Crippen molar-refractivity contribution in [1.29, 1.82) is 0 Å². The number of carboxylic acid groups (broad SMARTS) is 1. The smallest absolute Gasteiger partial charge is 0.303 e. The molecule has 0 saturated carbocycles. The van der Waals surface area contributed by atoms with Crippen molar-refractivity contribution in [1.82, 2.24) is 9.80 Å². The highest BCUT2D eigenvalue weighted by Gasteiger charge is 2.20. The van der Waals surface area contributed by atoms with Gasteiger partial charge in [0.25, 0.3) is 0 Å². The zero-order valence-corrected chi connectivity index (χ0v) is 12.1. The summed E-state index contributed by atoms with van der Waals surface area (Å²) in [6, 6.07) is 0. The van der Waals surface area contributed by atoms with Crippen LogP contribution in [0.1, 0.15) is 45.4 Å². The van der Waals surface area contributed by atoms with Gasteiger partial charge in [-0.2, -0.15) is 0 Å². The van der Waals surface area contributed by atoms with E-state index in [2.05, 4.69) is 0 Å². The maximum atomic E-state index is 12.0. The van der Waals surface area contributed by atoms with Gasteiger partial charge in [0, 0.05) is 45.4 Å². The van der Waals surface area contributed by atoms with E-state index >= 15 is 0 Å². The fraction of sp³-hybridized carbons (Fsp3) is 0.786. The summed E-state index contributed by atoms with van der Waals surface area (Å²) in [7, 11) is 0. The molecule has 6 heteroatoms. The van der Waals surface area contributed by atoms with Gasteiger partial charge in [0.1, 0.15) is 0 Å². The van der Waals surface area contributed by atoms with Crippen LogP contribution in [0.3, 0.4) is 0 Å². The highest BCUT2D eigenvalue weighted by atomic mass is 16.4. The van der Waals surface area contributed by atoms with Gasteiger partial charge in [0.05, 0.1) is 0 Å². The number of carboxylic acids is 1. The summed E-state index contributed by atoms with van der Waals surface area (Å²) in [6.45, 7) is 4.44. The second kappa shape index (κ2) is 8.55. The predicted octanol–water partition coefficient (Wildman–Crippen LogP) is 1.10. The Hall–Kier alpha value is -1.59. The molecule has 0 aromatic heterocycles. The van der Waals surface area contributed by atoms with Crippen LogP contribution in [0.25, 0.3) is 0 Å². The first-order chi connectivity index (χ1) is 9.54. The molecule has 20 heavy (non-hydrogen) atoms. The van der Waals surface area contributed by atoms with Crippen LogP contribution in [0, 0.1) is 0 Å². The molecular formula is C14H24N2O4. The lowest BCUT2D eigenvalue weighted by Crippen LogP contribution is -2.37. The van der Waals surface area contributed by atoms with Crippen LogP contribution >= 0.6 is 0 Å². The van der Waals surface area contributed by atoms with E-state index in [1.807, 2.05) is 11.8 Å². The molecule has 0 aliphatic carbocycles. The molecule has 0 spiro atoms. The summed E-state index contributed by atoms with van der Waals surface area (Å²) >= 11 is 0. The summed E-state index contributed by atoms with van der Waals surface area (Å²) in [5.74, 6) is -0.608. The minimum atomic E-state index is -0.819. The molecular weight excluding hydrogens is 260 g/mol. The highest BCUT2D eigenvalue weighted by molar-refractivity contribution is 5.77. The van der Waals surface area contributed by atoms with E-state index in [9.17, 15) is 14.4 Å². The fourth-order valence-corrected chi connectivity index (χ4v) is 2.35. The number of aliphatic carboxylic acids is 1. The molecule has 1 heterocycles. The quantitative estimate of drug-likeness (QED) is 0.741. The number of carbonyl (C=O) groups is 3. The molecule has 0 radical (unpaired) electrons. The topological polar surface area (TPSA) is 77.9 Å². The molecule has 0 atom stereocenters. The molecule has 0 bridgehead atoms. The molecule has 6 nitrogen and oxygen atoms in total. The van der Waals surface area contributed by atoms with Gasteiger partial charge in [0.15, 0.2) is 0 Å². The van der Waals surface area contributed by atoms with E-state index in [1.165, 1.54) is 0 Å². The van der Waals surface area contributed by atoms with Crippen LogP contribution in [0.15, 0.2) is 0 Å². The van der Waals surface area contributed by atoms with Crippen LogP contribution < -0.4 is 0 Å². The summed E-state index contributed by atoms with van der Waals surface area (Å²) in [6.07, 6.45) is 2.98. The largest absolute Gasteiger partial charge is 0.481 e.